The Morgan fingerprint density at radius 3 is 2.21 bits per heavy atom. The summed E-state index contributed by atoms with van der Waals surface area (Å²) in [5, 5.41) is 31.1. The normalized spacial score (nSPS) is 16.6. The van der Waals surface area contributed by atoms with E-state index in [1.54, 1.807) is 24.3 Å². The number of rotatable bonds is 0. The number of para-hydroxylation sites is 1. The molecule has 1 aliphatic heterocycles. The Morgan fingerprint density at radius 1 is 0.895 bits per heavy atom. The van der Waals surface area contributed by atoms with E-state index < -0.39 is 11.7 Å². The van der Waals surface area contributed by atoms with Crippen LogP contribution in [0.3, 0.4) is 0 Å². The Balaban J connectivity index is 2.39. The standard InChI is InChI=1S/C14H11NO4/c16-13-9-5-1-2-6-10(9)14(17,18)11-7-3-4-8-12(11)15(13)19/h1-8,17-19H. The van der Waals surface area contributed by atoms with Crippen LogP contribution in [0, 0.1) is 0 Å². The molecule has 1 amide bonds. The van der Waals surface area contributed by atoms with Crippen molar-refractivity contribution >= 4 is 11.6 Å². The highest BCUT2D eigenvalue weighted by molar-refractivity contribution is 6.07. The van der Waals surface area contributed by atoms with E-state index in [0.717, 1.165) is 0 Å². The minimum Gasteiger partial charge on any atom is -0.358 e. The third kappa shape index (κ3) is 1.57. The molecule has 1 aliphatic rings. The van der Waals surface area contributed by atoms with E-state index in [1.807, 2.05) is 0 Å². The molecule has 0 bridgehead atoms. The number of nitrogens with zero attached hydrogens (tertiary/aromatic N) is 1. The van der Waals surface area contributed by atoms with Crippen LogP contribution in [-0.4, -0.2) is 21.3 Å². The molecule has 0 atom stereocenters. The van der Waals surface area contributed by atoms with Gasteiger partial charge in [0.15, 0.2) is 0 Å². The summed E-state index contributed by atoms with van der Waals surface area (Å²) in [6, 6.07) is 12.2. The highest BCUT2D eigenvalue weighted by atomic mass is 16.5. The molecule has 0 unspecified atom stereocenters. The summed E-state index contributed by atoms with van der Waals surface area (Å²) in [4.78, 5) is 12.1. The van der Waals surface area contributed by atoms with Crippen molar-refractivity contribution in [1.29, 1.82) is 0 Å². The third-order valence-corrected chi connectivity index (χ3v) is 3.23. The summed E-state index contributed by atoms with van der Waals surface area (Å²) in [5.74, 6) is -3.03. The van der Waals surface area contributed by atoms with Crippen molar-refractivity contribution < 1.29 is 20.2 Å². The highest BCUT2D eigenvalue weighted by Crippen LogP contribution is 2.38. The Morgan fingerprint density at radius 2 is 1.47 bits per heavy atom. The summed E-state index contributed by atoms with van der Waals surface area (Å²) in [7, 11) is 0. The highest BCUT2D eigenvalue weighted by Gasteiger charge is 2.40. The molecular weight excluding hydrogens is 246 g/mol. The fourth-order valence-corrected chi connectivity index (χ4v) is 2.30. The molecule has 0 saturated heterocycles. The number of hydrogen-bond donors (Lipinski definition) is 3. The quantitative estimate of drug-likeness (QED) is 0.489. The zero-order valence-electron chi connectivity index (χ0n) is 9.82. The van der Waals surface area contributed by atoms with Gasteiger partial charge in [-0.05, 0) is 12.1 Å². The van der Waals surface area contributed by atoms with Gasteiger partial charge in [-0.25, -0.2) is 0 Å². The van der Waals surface area contributed by atoms with Crippen LogP contribution in [0.25, 0.3) is 0 Å². The fraction of sp³-hybridized carbons (Fsp3) is 0.0714. The van der Waals surface area contributed by atoms with Crippen LogP contribution in [0.1, 0.15) is 21.5 Å². The predicted octanol–water partition coefficient (Wildman–Crippen LogP) is 1.22. The van der Waals surface area contributed by atoms with Gasteiger partial charge in [-0.2, -0.15) is 5.06 Å². The van der Waals surface area contributed by atoms with Gasteiger partial charge in [0.2, 0.25) is 5.79 Å². The fourth-order valence-electron chi connectivity index (χ4n) is 2.30. The predicted molar refractivity (Wildman–Crippen MR) is 66.7 cm³/mol. The molecule has 96 valence electrons. The second-order valence-corrected chi connectivity index (χ2v) is 4.35. The summed E-state index contributed by atoms with van der Waals surface area (Å²) in [6.45, 7) is 0. The molecule has 0 fully saturated rings. The van der Waals surface area contributed by atoms with E-state index in [-0.39, 0.29) is 22.4 Å². The van der Waals surface area contributed by atoms with E-state index >= 15 is 0 Å². The molecule has 0 spiro atoms. The van der Waals surface area contributed by atoms with E-state index in [4.69, 9.17) is 0 Å². The minimum absolute atomic E-state index is 0.0454. The molecule has 19 heavy (non-hydrogen) atoms. The van der Waals surface area contributed by atoms with Crippen molar-refractivity contribution in [2.24, 2.45) is 0 Å². The van der Waals surface area contributed by atoms with Gasteiger partial charge in [-0.3, -0.25) is 10.0 Å². The zero-order chi connectivity index (χ0) is 13.6. The van der Waals surface area contributed by atoms with Gasteiger partial charge in [0.05, 0.1) is 11.3 Å². The van der Waals surface area contributed by atoms with Gasteiger partial charge in [0, 0.05) is 11.1 Å². The van der Waals surface area contributed by atoms with Gasteiger partial charge in [0.25, 0.3) is 5.91 Å². The molecule has 0 saturated carbocycles. The van der Waals surface area contributed by atoms with Crippen LogP contribution in [0.2, 0.25) is 0 Å². The summed E-state index contributed by atoms with van der Waals surface area (Å²) in [6.07, 6.45) is 0. The number of aliphatic hydroxyl groups is 2. The van der Waals surface area contributed by atoms with Gasteiger partial charge in [0.1, 0.15) is 0 Å². The molecule has 1 heterocycles. The first-order chi connectivity index (χ1) is 9.03. The molecule has 2 aromatic carbocycles. The third-order valence-electron chi connectivity index (χ3n) is 3.23. The van der Waals surface area contributed by atoms with Crippen LogP contribution in [0.15, 0.2) is 48.5 Å². The van der Waals surface area contributed by atoms with Crippen molar-refractivity contribution in [2.45, 2.75) is 5.79 Å². The van der Waals surface area contributed by atoms with Crippen LogP contribution in [0.4, 0.5) is 5.69 Å². The van der Waals surface area contributed by atoms with Gasteiger partial charge >= 0.3 is 0 Å². The first-order valence-electron chi connectivity index (χ1n) is 5.70. The molecule has 0 aromatic heterocycles. The van der Waals surface area contributed by atoms with Crippen LogP contribution in [-0.2, 0) is 5.79 Å². The lowest BCUT2D eigenvalue weighted by atomic mass is 9.94. The van der Waals surface area contributed by atoms with Crippen molar-refractivity contribution in [3.8, 4) is 0 Å². The largest absolute Gasteiger partial charge is 0.358 e. The van der Waals surface area contributed by atoms with Crippen LogP contribution in [0.5, 0.6) is 0 Å². The smallest absolute Gasteiger partial charge is 0.282 e. The number of benzene rings is 2. The van der Waals surface area contributed by atoms with E-state index in [9.17, 15) is 20.2 Å². The minimum atomic E-state index is -2.33. The lowest BCUT2D eigenvalue weighted by molar-refractivity contribution is -0.131. The Labute approximate surface area is 108 Å². The Hall–Kier alpha value is -2.21. The van der Waals surface area contributed by atoms with E-state index in [0.29, 0.717) is 5.06 Å². The number of hydroxylamine groups is 1. The first kappa shape index (κ1) is 11.9. The van der Waals surface area contributed by atoms with E-state index in [2.05, 4.69) is 0 Å². The lowest BCUT2D eigenvalue weighted by Gasteiger charge is -2.23. The van der Waals surface area contributed by atoms with Gasteiger partial charge in [-0.15, -0.1) is 0 Å². The molecule has 2 aromatic rings. The van der Waals surface area contributed by atoms with Crippen LogP contribution >= 0.6 is 0 Å². The molecule has 0 radical (unpaired) electrons. The summed E-state index contributed by atoms with van der Waals surface area (Å²) >= 11 is 0. The van der Waals surface area contributed by atoms with Crippen LogP contribution < -0.4 is 5.06 Å². The SMILES string of the molecule is O=C1c2ccccc2C(O)(O)c2ccccc2N1O. The Kier molecular flexibility index (Phi) is 2.43. The molecule has 3 N–H and O–H groups in total. The maximum absolute atomic E-state index is 12.1. The first-order valence-corrected chi connectivity index (χ1v) is 5.70. The van der Waals surface area contributed by atoms with Gasteiger partial charge < -0.3 is 10.2 Å². The second kappa shape index (κ2) is 3.89. The zero-order valence-corrected chi connectivity index (χ0v) is 9.82. The Bertz CT molecular complexity index is 666. The maximum Gasteiger partial charge on any atom is 0.282 e. The van der Waals surface area contributed by atoms with Gasteiger partial charge in [-0.1, -0.05) is 36.4 Å². The lowest BCUT2D eigenvalue weighted by Crippen LogP contribution is -2.27. The molecule has 5 heteroatoms. The summed E-state index contributed by atoms with van der Waals surface area (Å²) in [5.41, 5.74) is 0.194. The average Bonchev–Trinajstić information content (AvgIpc) is 2.50. The van der Waals surface area contributed by atoms with Crippen molar-refractivity contribution in [3.63, 3.8) is 0 Å². The average molecular weight is 257 g/mol. The molecule has 5 nitrogen and oxygen atoms in total. The number of fused-ring (bicyclic) bond motifs is 2. The number of carbonyl (C=O) groups excluding carboxylic acids is 1. The van der Waals surface area contributed by atoms with E-state index in [1.165, 1.54) is 24.3 Å². The second-order valence-electron chi connectivity index (χ2n) is 4.35. The molecule has 3 rings (SSSR count). The molecule has 0 aliphatic carbocycles. The topological polar surface area (TPSA) is 81.0 Å². The van der Waals surface area contributed by atoms with Crippen molar-refractivity contribution in [2.75, 3.05) is 5.06 Å². The summed E-state index contributed by atoms with van der Waals surface area (Å²) < 4.78 is 0. The number of anilines is 1. The van der Waals surface area contributed by atoms with Crippen molar-refractivity contribution in [3.05, 3.63) is 65.2 Å². The van der Waals surface area contributed by atoms with Crippen molar-refractivity contribution in [1.82, 2.24) is 0 Å². The number of amides is 1. The maximum atomic E-state index is 12.1. The monoisotopic (exact) mass is 257 g/mol. The molecular formula is C14H11NO4. The number of hydrogen-bond acceptors (Lipinski definition) is 4. The number of carbonyl (C=O) groups is 1.